The molecule has 1 aliphatic rings. The molecule has 1 aromatic heterocycles. The van der Waals surface area contributed by atoms with Crippen LogP contribution in [0.4, 0.5) is 0 Å². The summed E-state index contributed by atoms with van der Waals surface area (Å²) < 4.78 is 0. The van der Waals surface area contributed by atoms with Crippen molar-refractivity contribution in [3.63, 3.8) is 0 Å². The summed E-state index contributed by atoms with van der Waals surface area (Å²) in [5.74, 6) is 0.242. The van der Waals surface area contributed by atoms with Crippen LogP contribution in [0.2, 0.25) is 0 Å². The Morgan fingerprint density at radius 2 is 2.50 bits per heavy atom. The first-order valence-corrected chi connectivity index (χ1v) is 6.60. The van der Waals surface area contributed by atoms with Crippen LogP contribution in [0, 0.1) is 11.3 Å². The van der Waals surface area contributed by atoms with Crippen molar-refractivity contribution in [1.29, 1.82) is 0 Å². The van der Waals surface area contributed by atoms with E-state index in [-0.39, 0.29) is 11.7 Å². The van der Waals surface area contributed by atoms with Gasteiger partial charge in [0.2, 0.25) is 5.91 Å². The summed E-state index contributed by atoms with van der Waals surface area (Å²) in [5.41, 5.74) is 6.53. The molecular weight excluding hydrogens is 252 g/mol. The number of hydrogen-bond acceptors (Lipinski definition) is 5. The summed E-state index contributed by atoms with van der Waals surface area (Å²) >= 11 is 1.48. The van der Waals surface area contributed by atoms with Gasteiger partial charge in [0.1, 0.15) is 5.41 Å². The molecule has 0 spiro atoms. The summed E-state index contributed by atoms with van der Waals surface area (Å²) in [6.07, 6.45) is 2.96. The van der Waals surface area contributed by atoms with E-state index in [4.69, 9.17) is 10.9 Å². The van der Waals surface area contributed by atoms with E-state index in [1.165, 1.54) is 11.3 Å². The number of aromatic nitrogens is 1. The number of rotatable bonds is 4. The van der Waals surface area contributed by atoms with Gasteiger partial charge in [-0.25, -0.2) is 0 Å². The minimum absolute atomic E-state index is 0.00223. The number of nitrogens with zero attached hydrogens (tertiary/aromatic N) is 2. The molecule has 0 atom stereocenters. The van der Waals surface area contributed by atoms with Crippen LogP contribution in [0.15, 0.2) is 16.9 Å². The lowest BCUT2D eigenvalue weighted by Crippen LogP contribution is -2.56. The average molecular weight is 268 g/mol. The van der Waals surface area contributed by atoms with Crippen LogP contribution in [0.3, 0.4) is 0 Å². The molecule has 98 valence electrons. The first-order chi connectivity index (χ1) is 8.58. The molecule has 0 bridgehead atoms. The highest BCUT2D eigenvalue weighted by atomic mass is 32.1. The molecule has 1 aromatic rings. The summed E-state index contributed by atoms with van der Waals surface area (Å²) in [4.78, 5) is 17.1. The highest BCUT2D eigenvalue weighted by molar-refractivity contribution is 7.09. The Labute approximate surface area is 109 Å². The van der Waals surface area contributed by atoms with Crippen molar-refractivity contribution >= 4 is 23.1 Å². The number of nitrogens with one attached hydrogen (secondary N) is 1. The van der Waals surface area contributed by atoms with Gasteiger partial charge in [-0.05, 0) is 18.8 Å². The SMILES string of the molecule is CC1CC(C(=O)NCc2cncs2)(C(N)=NO)C1. The molecule has 0 aromatic carbocycles. The molecule has 1 fully saturated rings. The summed E-state index contributed by atoms with van der Waals surface area (Å²) in [6, 6.07) is 0. The molecule has 1 aliphatic carbocycles. The Morgan fingerprint density at radius 1 is 1.78 bits per heavy atom. The van der Waals surface area contributed by atoms with Gasteiger partial charge in [0.15, 0.2) is 5.84 Å². The van der Waals surface area contributed by atoms with Gasteiger partial charge >= 0.3 is 0 Å². The quantitative estimate of drug-likeness (QED) is 0.327. The van der Waals surface area contributed by atoms with Crippen LogP contribution in [0.5, 0.6) is 0 Å². The fraction of sp³-hybridized carbons (Fsp3) is 0.545. The third-order valence-electron chi connectivity index (χ3n) is 3.33. The van der Waals surface area contributed by atoms with Crippen LogP contribution in [0.25, 0.3) is 0 Å². The lowest BCUT2D eigenvalue weighted by molar-refractivity contribution is -0.133. The second-order valence-electron chi connectivity index (χ2n) is 4.73. The molecule has 6 nitrogen and oxygen atoms in total. The molecule has 0 radical (unpaired) electrons. The molecule has 2 rings (SSSR count). The number of carbonyl (C=O) groups excluding carboxylic acids is 1. The molecule has 7 heteroatoms. The van der Waals surface area contributed by atoms with E-state index in [9.17, 15) is 4.79 Å². The minimum Gasteiger partial charge on any atom is -0.409 e. The zero-order valence-electron chi connectivity index (χ0n) is 10.1. The van der Waals surface area contributed by atoms with Crippen LogP contribution >= 0.6 is 11.3 Å². The van der Waals surface area contributed by atoms with Gasteiger partial charge in [-0.1, -0.05) is 12.1 Å². The Morgan fingerprint density at radius 3 is 3.00 bits per heavy atom. The minimum atomic E-state index is -0.834. The third-order valence-corrected chi connectivity index (χ3v) is 4.11. The second-order valence-corrected chi connectivity index (χ2v) is 5.70. The molecular formula is C11H16N4O2S. The maximum absolute atomic E-state index is 12.2. The third kappa shape index (κ3) is 2.17. The zero-order valence-corrected chi connectivity index (χ0v) is 10.9. The molecule has 0 saturated heterocycles. The van der Waals surface area contributed by atoms with Crippen molar-refractivity contribution in [2.24, 2.45) is 22.2 Å². The standard InChI is InChI=1S/C11H16N4O2S/c1-7-2-11(3-7,9(12)15-17)10(16)14-5-8-4-13-6-18-8/h4,6-7,17H,2-3,5H2,1H3,(H2,12,15)(H,14,16). The molecule has 0 aliphatic heterocycles. The largest absolute Gasteiger partial charge is 0.409 e. The fourth-order valence-corrected chi connectivity index (χ4v) is 2.94. The van der Waals surface area contributed by atoms with Crippen LogP contribution in [-0.2, 0) is 11.3 Å². The zero-order chi connectivity index (χ0) is 13.2. The topological polar surface area (TPSA) is 101 Å². The van der Waals surface area contributed by atoms with E-state index in [1.54, 1.807) is 11.7 Å². The maximum Gasteiger partial charge on any atom is 0.234 e. The molecule has 0 unspecified atom stereocenters. The van der Waals surface area contributed by atoms with Crippen molar-refractivity contribution < 1.29 is 10.0 Å². The number of hydrogen-bond donors (Lipinski definition) is 3. The number of oxime groups is 1. The van der Waals surface area contributed by atoms with Crippen molar-refractivity contribution in [2.45, 2.75) is 26.3 Å². The Kier molecular flexibility index (Phi) is 3.51. The number of nitrogens with two attached hydrogens (primary N) is 1. The summed E-state index contributed by atoms with van der Waals surface area (Å²) in [6.45, 7) is 2.47. The highest BCUT2D eigenvalue weighted by Crippen LogP contribution is 2.45. The lowest BCUT2D eigenvalue weighted by Gasteiger charge is -2.43. The monoisotopic (exact) mass is 268 g/mol. The van der Waals surface area contributed by atoms with E-state index in [2.05, 4.69) is 15.5 Å². The first-order valence-electron chi connectivity index (χ1n) is 5.72. The summed E-state index contributed by atoms with van der Waals surface area (Å²) in [5, 5.41) is 14.6. The van der Waals surface area contributed by atoms with Crippen molar-refractivity contribution in [2.75, 3.05) is 0 Å². The average Bonchev–Trinajstić information content (AvgIpc) is 2.83. The van der Waals surface area contributed by atoms with Crippen LogP contribution in [0.1, 0.15) is 24.6 Å². The van der Waals surface area contributed by atoms with E-state index in [1.807, 2.05) is 6.92 Å². The van der Waals surface area contributed by atoms with Gasteiger partial charge in [0, 0.05) is 11.1 Å². The normalized spacial score (nSPS) is 27.6. The number of carbonyl (C=O) groups is 1. The van der Waals surface area contributed by atoms with Gasteiger partial charge in [-0.2, -0.15) is 0 Å². The van der Waals surface area contributed by atoms with E-state index in [0.29, 0.717) is 25.3 Å². The Bertz CT molecular complexity index is 452. The van der Waals surface area contributed by atoms with Gasteiger partial charge in [-0.15, -0.1) is 11.3 Å². The van der Waals surface area contributed by atoms with Gasteiger partial charge < -0.3 is 16.3 Å². The van der Waals surface area contributed by atoms with Gasteiger partial charge in [-0.3, -0.25) is 9.78 Å². The molecule has 1 saturated carbocycles. The molecule has 1 amide bonds. The number of amidine groups is 1. The number of amides is 1. The summed E-state index contributed by atoms with van der Waals surface area (Å²) in [7, 11) is 0. The van der Waals surface area contributed by atoms with Crippen LogP contribution < -0.4 is 11.1 Å². The van der Waals surface area contributed by atoms with E-state index in [0.717, 1.165) is 4.88 Å². The van der Waals surface area contributed by atoms with Crippen molar-refractivity contribution in [1.82, 2.24) is 10.3 Å². The highest BCUT2D eigenvalue weighted by Gasteiger charge is 2.52. The fourth-order valence-electron chi connectivity index (χ4n) is 2.40. The van der Waals surface area contributed by atoms with E-state index >= 15 is 0 Å². The Balaban J connectivity index is 2.01. The van der Waals surface area contributed by atoms with Crippen molar-refractivity contribution in [3.8, 4) is 0 Å². The number of thiazole rings is 1. The maximum atomic E-state index is 12.2. The van der Waals surface area contributed by atoms with Crippen molar-refractivity contribution in [3.05, 3.63) is 16.6 Å². The second kappa shape index (κ2) is 4.93. The van der Waals surface area contributed by atoms with E-state index < -0.39 is 5.41 Å². The smallest absolute Gasteiger partial charge is 0.234 e. The molecule has 4 N–H and O–H groups in total. The lowest BCUT2D eigenvalue weighted by atomic mass is 9.61. The van der Waals surface area contributed by atoms with Gasteiger partial charge in [0.05, 0.1) is 12.1 Å². The predicted octanol–water partition coefficient (Wildman–Crippen LogP) is 0.922. The molecule has 1 heterocycles. The molecule has 18 heavy (non-hydrogen) atoms. The first kappa shape index (κ1) is 12.8. The Hall–Kier alpha value is -1.63. The predicted molar refractivity (Wildman–Crippen MR) is 68.2 cm³/mol. The van der Waals surface area contributed by atoms with Crippen LogP contribution in [-0.4, -0.2) is 21.9 Å². The van der Waals surface area contributed by atoms with Gasteiger partial charge in [0.25, 0.3) is 0 Å².